The molecule has 6 heteroatoms. The average Bonchev–Trinajstić information content (AvgIpc) is 2.61. The van der Waals surface area contributed by atoms with Crippen LogP contribution in [0.25, 0.3) is 0 Å². The van der Waals surface area contributed by atoms with Gasteiger partial charge in [-0.05, 0) is 64.2 Å². The predicted molar refractivity (Wildman–Crippen MR) is 106 cm³/mol. The number of anilines is 1. The Morgan fingerprint density at radius 1 is 1.11 bits per heavy atom. The number of amides is 1. The second-order valence-corrected chi connectivity index (χ2v) is 8.88. The SMILES string of the molecule is Cc1cc(N2CCC(NC(=O)C3CC4CCCC(C3)C4N)CC2)nc(C)n1. The summed E-state index contributed by atoms with van der Waals surface area (Å²) in [6, 6.07) is 2.66. The minimum absolute atomic E-state index is 0.172. The number of fused-ring (bicyclic) bond motifs is 2. The van der Waals surface area contributed by atoms with Crippen molar-refractivity contribution in [1.82, 2.24) is 15.3 Å². The van der Waals surface area contributed by atoms with Gasteiger partial charge in [0.2, 0.25) is 5.91 Å². The molecule has 2 atom stereocenters. The molecule has 3 fully saturated rings. The molecular weight excluding hydrogens is 338 g/mol. The molecule has 2 aliphatic carbocycles. The van der Waals surface area contributed by atoms with Crippen LogP contribution in [0.1, 0.15) is 56.5 Å². The van der Waals surface area contributed by atoms with E-state index in [1.165, 1.54) is 19.3 Å². The van der Waals surface area contributed by atoms with Gasteiger partial charge in [0.05, 0.1) is 0 Å². The molecule has 148 valence electrons. The van der Waals surface area contributed by atoms with Crippen molar-refractivity contribution in [3.8, 4) is 0 Å². The topological polar surface area (TPSA) is 84.1 Å². The van der Waals surface area contributed by atoms with Gasteiger partial charge in [-0.3, -0.25) is 4.79 Å². The van der Waals surface area contributed by atoms with Gasteiger partial charge in [0.15, 0.2) is 0 Å². The Morgan fingerprint density at radius 3 is 2.41 bits per heavy atom. The van der Waals surface area contributed by atoms with Gasteiger partial charge < -0.3 is 16.0 Å². The number of hydrogen-bond acceptors (Lipinski definition) is 5. The molecule has 2 saturated carbocycles. The molecular formula is C21H33N5O. The fourth-order valence-electron chi connectivity index (χ4n) is 5.43. The third-order valence-corrected chi connectivity index (χ3v) is 6.90. The molecule has 1 aliphatic heterocycles. The molecule has 2 unspecified atom stereocenters. The third kappa shape index (κ3) is 4.10. The maximum atomic E-state index is 12.9. The number of rotatable bonds is 3. The lowest BCUT2D eigenvalue weighted by atomic mass is 9.65. The molecule has 2 heterocycles. The number of nitrogens with two attached hydrogens (primary N) is 1. The second kappa shape index (κ2) is 7.74. The molecule has 1 aromatic rings. The van der Waals surface area contributed by atoms with Gasteiger partial charge in [-0.25, -0.2) is 9.97 Å². The van der Waals surface area contributed by atoms with Crippen molar-refractivity contribution in [2.45, 2.75) is 70.9 Å². The molecule has 6 nitrogen and oxygen atoms in total. The van der Waals surface area contributed by atoms with Gasteiger partial charge in [-0.2, -0.15) is 0 Å². The Bertz CT molecular complexity index is 651. The summed E-state index contributed by atoms with van der Waals surface area (Å²) in [6.07, 6.45) is 7.64. The highest BCUT2D eigenvalue weighted by atomic mass is 16.1. The number of carbonyl (C=O) groups is 1. The van der Waals surface area contributed by atoms with Crippen LogP contribution in [0, 0.1) is 31.6 Å². The molecule has 3 N–H and O–H groups in total. The van der Waals surface area contributed by atoms with Crippen LogP contribution in [0.15, 0.2) is 6.07 Å². The summed E-state index contributed by atoms with van der Waals surface area (Å²) in [5, 5.41) is 3.35. The van der Waals surface area contributed by atoms with Crippen molar-refractivity contribution in [3.05, 3.63) is 17.6 Å². The second-order valence-electron chi connectivity index (χ2n) is 8.88. The zero-order valence-electron chi connectivity index (χ0n) is 16.7. The summed E-state index contributed by atoms with van der Waals surface area (Å²) in [4.78, 5) is 24.1. The minimum Gasteiger partial charge on any atom is -0.356 e. The fourth-order valence-corrected chi connectivity index (χ4v) is 5.43. The van der Waals surface area contributed by atoms with Crippen LogP contribution in [0.4, 0.5) is 5.82 Å². The van der Waals surface area contributed by atoms with Gasteiger partial charge in [-0.1, -0.05) is 6.42 Å². The lowest BCUT2D eigenvalue weighted by molar-refractivity contribution is -0.128. The largest absolute Gasteiger partial charge is 0.356 e. The molecule has 0 spiro atoms. The highest BCUT2D eigenvalue weighted by molar-refractivity contribution is 5.79. The van der Waals surface area contributed by atoms with Crippen LogP contribution in [0.5, 0.6) is 0 Å². The van der Waals surface area contributed by atoms with Crippen molar-refractivity contribution in [3.63, 3.8) is 0 Å². The molecule has 0 aromatic carbocycles. The van der Waals surface area contributed by atoms with E-state index in [1.54, 1.807) is 0 Å². The Hall–Kier alpha value is -1.69. The number of nitrogens with one attached hydrogen (secondary N) is 1. The van der Waals surface area contributed by atoms with Crippen LogP contribution in [-0.4, -0.2) is 41.0 Å². The van der Waals surface area contributed by atoms with Crippen molar-refractivity contribution in [2.75, 3.05) is 18.0 Å². The van der Waals surface area contributed by atoms with Gasteiger partial charge >= 0.3 is 0 Å². The van der Waals surface area contributed by atoms with Crippen molar-refractivity contribution < 1.29 is 4.79 Å². The van der Waals surface area contributed by atoms with Crippen LogP contribution in [0.3, 0.4) is 0 Å². The van der Waals surface area contributed by atoms with Crippen molar-refractivity contribution in [2.24, 2.45) is 23.5 Å². The van der Waals surface area contributed by atoms with E-state index in [2.05, 4.69) is 26.3 Å². The molecule has 1 saturated heterocycles. The van der Waals surface area contributed by atoms with E-state index < -0.39 is 0 Å². The first kappa shape index (κ1) is 18.7. The average molecular weight is 372 g/mol. The Morgan fingerprint density at radius 2 is 1.78 bits per heavy atom. The van der Waals surface area contributed by atoms with Crippen molar-refractivity contribution in [1.29, 1.82) is 0 Å². The summed E-state index contributed by atoms with van der Waals surface area (Å²) in [5.41, 5.74) is 7.38. The summed E-state index contributed by atoms with van der Waals surface area (Å²) < 4.78 is 0. The van der Waals surface area contributed by atoms with E-state index >= 15 is 0 Å². The summed E-state index contributed by atoms with van der Waals surface area (Å²) in [6.45, 7) is 5.81. The maximum Gasteiger partial charge on any atom is 0.223 e. The van der Waals surface area contributed by atoms with E-state index in [1.807, 2.05) is 13.8 Å². The highest BCUT2D eigenvalue weighted by Crippen LogP contribution is 2.42. The Labute approximate surface area is 162 Å². The number of piperidine rings is 1. The third-order valence-electron chi connectivity index (χ3n) is 6.90. The van der Waals surface area contributed by atoms with E-state index in [0.717, 1.165) is 56.1 Å². The predicted octanol–water partition coefficient (Wildman–Crippen LogP) is 2.33. The fraction of sp³-hybridized carbons (Fsp3) is 0.762. The van der Waals surface area contributed by atoms with Gasteiger partial charge in [0, 0.05) is 42.9 Å². The summed E-state index contributed by atoms with van der Waals surface area (Å²) in [7, 11) is 0. The quantitative estimate of drug-likeness (QED) is 0.852. The number of carbonyl (C=O) groups excluding carboxylic acids is 1. The lowest BCUT2D eigenvalue weighted by Crippen LogP contribution is -2.51. The number of nitrogens with zero attached hydrogens (tertiary/aromatic N) is 3. The Kier molecular flexibility index (Phi) is 5.35. The summed E-state index contributed by atoms with van der Waals surface area (Å²) >= 11 is 0. The van der Waals surface area contributed by atoms with E-state index in [4.69, 9.17) is 5.73 Å². The van der Waals surface area contributed by atoms with Crippen LogP contribution in [-0.2, 0) is 4.79 Å². The number of hydrogen-bond donors (Lipinski definition) is 2. The number of aromatic nitrogens is 2. The lowest BCUT2D eigenvalue weighted by Gasteiger charge is -2.44. The van der Waals surface area contributed by atoms with E-state index in [9.17, 15) is 4.79 Å². The van der Waals surface area contributed by atoms with Crippen LogP contribution >= 0.6 is 0 Å². The smallest absolute Gasteiger partial charge is 0.223 e. The van der Waals surface area contributed by atoms with Gasteiger partial charge in [0.25, 0.3) is 0 Å². The van der Waals surface area contributed by atoms with E-state index in [0.29, 0.717) is 17.9 Å². The normalized spacial score (nSPS) is 31.6. The van der Waals surface area contributed by atoms with Crippen molar-refractivity contribution >= 4 is 11.7 Å². The molecule has 3 aliphatic rings. The molecule has 27 heavy (non-hydrogen) atoms. The number of aryl methyl sites for hydroxylation is 2. The molecule has 1 amide bonds. The van der Waals surface area contributed by atoms with E-state index in [-0.39, 0.29) is 17.9 Å². The molecule has 4 rings (SSSR count). The zero-order valence-corrected chi connectivity index (χ0v) is 16.7. The zero-order chi connectivity index (χ0) is 19.0. The first-order chi connectivity index (χ1) is 13.0. The highest BCUT2D eigenvalue weighted by Gasteiger charge is 2.40. The van der Waals surface area contributed by atoms with Crippen LogP contribution < -0.4 is 16.0 Å². The Balaban J connectivity index is 1.29. The first-order valence-corrected chi connectivity index (χ1v) is 10.6. The van der Waals surface area contributed by atoms with Crippen LogP contribution in [0.2, 0.25) is 0 Å². The minimum atomic E-state index is 0.172. The molecule has 0 radical (unpaired) electrons. The summed E-state index contributed by atoms with van der Waals surface area (Å²) in [5.74, 6) is 3.38. The molecule has 1 aromatic heterocycles. The molecule has 2 bridgehead atoms. The monoisotopic (exact) mass is 371 g/mol. The standard InChI is InChI=1S/C21H33N5O/c1-13-10-19(24-14(2)23-13)26-8-6-18(7-9-26)25-21(27)17-11-15-4-3-5-16(12-17)20(15)22/h10,15-18,20H,3-9,11-12,22H2,1-2H3,(H,25,27). The maximum absolute atomic E-state index is 12.9. The van der Waals surface area contributed by atoms with Gasteiger partial charge in [0.1, 0.15) is 11.6 Å². The van der Waals surface area contributed by atoms with Gasteiger partial charge in [-0.15, -0.1) is 0 Å². The first-order valence-electron chi connectivity index (χ1n) is 10.6.